The first-order chi connectivity index (χ1) is 10.9. The molecule has 1 aliphatic rings. The first-order valence-corrected chi connectivity index (χ1v) is 8.50. The van der Waals surface area contributed by atoms with Crippen molar-refractivity contribution in [2.45, 2.75) is 71.4 Å². The maximum absolute atomic E-state index is 12.5. The number of rotatable bonds is 5. The van der Waals surface area contributed by atoms with Crippen molar-refractivity contribution in [2.75, 3.05) is 7.11 Å². The molecular formula is C18H28N2O3. The third-order valence-corrected chi connectivity index (χ3v) is 4.75. The van der Waals surface area contributed by atoms with E-state index in [-0.39, 0.29) is 24.3 Å². The van der Waals surface area contributed by atoms with E-state index in [1.807, 2.05) is 19.9 Å². The highest BCUT2D eigenvalue weighted by molar-refractivity contribution is 5.96. The van der Waals surface area contributed by atoms with Gasteiger partial charge in [-0.3, -0.25) is 9.59 Å². The molecule has 1 aromatic rings. The number of aryl methyl sites for hydroxylation is 1. The van der Waals surface area contributed by atoms with Gasteiger partial charge in [-0.15, -0.1) is 0 Å². The van der Waals surface area contributed by atoms with Gasteiger partial charge >= 0.3 is 5.97 Å². The van der Waals surface area contributed by atoms with E-state index in [9.17, 15) is 9.59 Å². The molecule has 1 atom stereocenters. The monoisotopic (exact) mass is 320 g/mol. The number of nitrogens with one attached hydrogen (secondary N) is 1. The van der Waals surface area contributed by atoms with Crippen LogP contribution < -0.4 is 5.32 Å². The molecule has 1 aromatic heterocycles. The Morgan fingerprint density at radius 3 is 2.57 bits per heavy atom. The van der Waals surface area contributed by atoms with E-state index < -0.39 is 0 Å². The van der Waals surface area contributed by atoms with E-state index in [1.165, 1.54) is 39.2 Å². The van der Waals surface area contributed by atoms with Crippen molar-refractivity contribution in [3.63, 3.8) is 0 Å². The summed E-state index contributed by atoms with van der Waals surface area (Å²) in [7, 11) is 1.36. The van der Waals surface area contributed by atoms with Crippen molar-refractivity contribution in [1.29, 1.82) is 0 Å². The van der Waals surface area contributed by atoms with Gasteiger partial charge in [-0.25, -0.2) is 0 Å². The number of nitrogens with zero attached hydrogens (tertiary/aromatic N) is 1. The Bertz CT molecular complexity index is 571. The van der Waals surface area contributed by atoms with Crippen LogP contribution in [0.2, 0.25) is 0 Å². The Hall–Kier alpha value is -1.78. The molecule has 0 spiro atoms. The molecule has 1 aliphatic carbocycles. The zero-order chi connectivity index (χ0) is 17.0. The van der Waals surface area contributed by atoms with Crippen molar-refractivity contribution < 1.29 is 14.3 Å². The van der Waals surface area contributed by atoms with Gasteiger partial charge < -0.3 is 14.6 Å². The lowest BCUT2D eigenvalue weighted by Gasteiger charge is -2.26. The highest BCUT2D eigenvalue weighted by Crippen LogP contribution is 2.32. The summed E-state index contributed by atoms with van der Waals surface area (Å²) in [6, 6.07) is 2.23. The fraction of sp³-hybridized carbons (Fsp3) is 0.667. The SMILES string of the molecule is COC(=O)CC(C)NC(=O)c1cc(C)n(C2CCCCC2)c1C. The summed E-state index contributed by atoms with van der Waals surface area (Å²) < 4.78 is 6.96. The minimum absolute atomic E-state index is 0.114. The molecular weight excluding hydrogens is 292 g/mol. The van der Waals surface area contributed by atoms with Gasteiger partial charge in [0.25, 0.3) is 5.91 Å². The van der Waals surface area contributed by atoms with Crippen LogP contribution in [-0.4, -0.2) is 29.6 Å². The van der Waals surface area contributed by atoms with Gasteiger partial charge in [0.2, 0.25) is 0 Å². The molecule has 0 radical (unpaired) electrons. The molecule has 0 saturated heterocycles. The number of aromatic nitrogens is 1. The van der Waals surface area contributed by atoms with Crippen molar-refractivity contribution >= 4 is 11.9 Å². The number of hydrogen-bond acceptors (Lipinski definition) is 3. The maximum atomic E-state index is 12.5. The largest absolute Gasteiger partial charge is 0.469 e. The normalized spacial score (nSPS) is 16.9. The summed E-state index contributed by atoms with van der Waals surface area (Å²) in [6.07, 6.45) is 6.41. The zero-order valence-corrected chi connectivity index (χ0v) is 14.6. The van der Waals surface area contributed by atoms with E-state index >= 15 is 0 Å². The predicted molar refractivity (Wildman–Crippen MR) is 89.6 cm³/mol. The molecule has 5 heteroatoms. The van der Waals surface area contributed by atoms with Gasteiger partial charge in [-0.1, -0.05) is 19.3 Å². The summed E-state index contributed by atoms with van der Waals surface area (Å²) in [5, 5.41) is 2.89. The lowest BCUT2D eigenvalue weighted by molar-refractivity contribution is -0.141. The fourth-order valence-corrected chi connectivity index (χ4v) is 3.59. The van der Waals surface area contributed by atoms with Gasteiger partial charge in [0, 0.05) is 23.5 Å². The van der Waals surface area contributed by atoms with Crippen molar-refractivity contribution in [3.05, 3.63) is 23.0 Å². The smallest absolute Gasteiger partial charge is 0.307 e. The molecule has 1 unspecified atom stereocenters. The standard InChI is InChI=1S/C18H28N2O3/c1-12(10-17(21)23-4)19-18(22)16-11-13(2)20(14(16)3)15-8-6-5-7-9-15/h11-12,15H,5-10H2,1-4H3,(H,19,22). The van der Waals surface area contributed by atoms with Crippen LogP contribution in [0.25, 0.3) is 0 Å². The van der Waals surface area contributed by atoms with Gasteiger partial charge in [0.05, 0.1) is 19.1 Å². The molecule has 0 aliphatic heterocycles. The predicted octanol–water partition coefficient (Wildman–Crippen LogP) is 3.29. The summed E-state index contributed by atoms with van der Waals surface area (Å²) >= 11 is 0. The number of carbonyl (C=O) groups is 2. The van der Waals surface area contributed by atoms with Crippen molar-refractivity contribution in [1.82, 2.24) is 9.88 Å². The van der Waals surface area contributed by atoms with E-state index in [2.05, 4.69) is 21.5 Å². The molecule has 1 saturated carbocycles. The highest BCUT2D eigenvalue weighted by Gasteiger charge is 2.23. The molecule has 5 nitrogen and oxygen atoms in total. The molecule has 128 valence electrons. The van der Waals surface area contributed by atoms with Crippen LogP contribution >= 0.6 is 0 Å². The number of amides is 1. The minimum atomic E-state index is -0.314. The lowest BCUT2D eigenvalue weighted by Crippen LogP contribution is -2.34. The highest BCUT2D eigenvalue weighted by atomic mass is 16.5. The average Bonchev–Trinajstić information content (AvgIpc) is 2.82. The summed E-state index contributed by atoms with van der Waals surface area (Å²) in [4.78, 5) is 23.8. The zero-order valence-electron chi connectivity index (χ0n) is 14.6. The average molecular weight is 320 g/mol. The third kappa shape index (κ3) is 4.15. The van der Waals surface area contributed by atoms with Crippen molar-refractivity contribution in [3.8, 4) is 0 Å². The number of methoxy groups -OCH3 is 1. The summed E-state index contributed by atoms with van der Waals surface area (Å²) in [6.45, 7) is 5.90. The Labute approximate surface area is 138 Å². The number of carbonyl (C=O) groups excluding carboxylic acids is 2. The second-order valence-electron chi connectivity index (χ2n) is 6.60. The molecule has 23 heavy (non-hydrogen) atoms. The maximum Gasteiger partial charge on any atom is 0.307 e. The number of esters is 1. The molecule has 0 aromatic carbocycles. The Morgan fingerprint density at radius 2 is 1.96 bits per heavy atom. The second kappa shape index (κ2) is 7.66. The molecule has 2 rings (SSSR count). The van der Waals surface area contributed by atoms with Crippen LogP contribution in [0, 0.1) is 13.8 Å². The van der Waals surface area contributed by atoms with Crippen LogP contribution in [0.5, 0.6) is 0 Å². The first kappa shape index (κ1) is 17.6. The van der Waals surface area contributed by atoms with E-state index in [1.54, 1.807) is 0 Å². The van der Waals surface area contributed by atoms with E-state index in [4.69, 9.17) is 0 Å². The van der Waals surface area contributed by atoms with E-state index in [0.29, 0.717) is 11.6 Å². The minimum Gasteiger partial charge on any atom is -0.469 e. The van der Waals surface area contributed by atoms with Crippen molar-refractivity contribution in [2.24, 2.45) is 0 Å². The molecule has 1 N–H and O–H groups in total. The Balaban J connectivity index is 2.10. The Kier molecular flexibility index (Phi) is 5.85. The molecule has 1 heterocycles. The van der Waals surface area contributed by atoms with Gasteiger partial charge in [0.15, 0.2) is 0 Å². The number of ether oxygens (including phenoxy) is 1. The molecule has 1 amide bonds. The van der Waals surface area contributed by atoms with Crippen LogP contribution in [0.1, 0.15) is 73.2 Å². The van der Waals surface area contributed by atoms with Crippen LogP contribution in [0.3, 0.4) is 0 Å². The number of hydrogen-bond donors (Lipinski definition) is 1. The summed E-state index contributed by atoms with van der Waals surface area (Å²) in [5.41, 5.74) is 2.88. The summed E-state index contributed by atoms with van der Waals surface area (Å²) in [5.74, 6) is -0.429. The third-order valence-electron chi connectivity index (χ3n) is 4.75. The van der Waals surface area contributed by atoms with Crippen LogP contribution in [0.4, 0.5) is 0 Å². The van der Waals surface area contributed by atoms with Crippen LogP contribution in [-0.2, 0) is 9.53 Å². The quantitative estimate of drug-likeness (QED) is 0.847. The van der Waals surface area contributed by atoms with Crippen LogP contribution in [0.15, 0.2) is 6.07 Å². The topological polar surface area (TPSA) is 60.3 Å². The van der Waals surface area contributed by atoms with Gasteiger partial charge in [0.1, 0.15) is 0 Å². The van der Waals surface area contributed by atoms with Gasteiger partial charge in [-0.05, 0) is 39.7 Å². The lowest BCUT2D eigenvalue weighted by atomic mass is 9.95. The Morgan fingerprint density at radius 1 is 1.30 bits per heavy atom. The second-order valence-corrected chi connectivity index (χ2v) is 6.60. The van der Waals surface area contributed by atoms with Gasteiger partial charge in [-0.2, -0.15) is 0 Å². The fourth-order valence-electron chi connectivity index (χ4n) is 3.59. The molecule has 0 bridgehead atoms. The molecule has 1 fully saturated rings. The van der Waals surface area contributed by atoms with E-state index in [0.717, 1.165) is 11.4 Å². The first-order valence-electron chi connectivity index (χ1n) is 8.50.